The van der Waals surface area contributed by atoms with Crippen LogP contribution in [0.25, 0.3) is 0 Å². The maximum absolute atomic E-state index is 10.1. The first-order valence-corrected chi connectivity index (χ1v) is 7.69. The lowest BCUT2D eigenvalue weighted by atomic mass is 9.92. The molecule has 0 bridgehead atoms. The Morgan fingerprint density at radius 3 is 2.74 bits per heavy atom. The number of hydrogen-bond acceptors (Lipinski definition) is 2. The summed E-state index contributed by atoms with van der Waals surface area (Å²) in [5.74, 6) is 0.595. The van der Waals surface area contributed by atoms with E-state index in [9.17, 15) is 5.11 Å². The first kappa shape index (κ1) is 13.1. The summed E-state index contributed by atoms with van der Waals surface area (Å²) in [5, 5.41) is 10.1. The molecule has 1 saturated carbocycles. The molecule has 1 heterocycles. The van der Waals surface area contributed by atoms with Gasteiger partial charge in [0.15, 0.2) is 0 Å². The first-order valence-electron chi connectivity index (χ1n) is 7.69. The monoisotopic (exact) mass is 259 g/mol. The third-order valence-corrected chi connectivity index (χ3v) is 4.85. The van der Waals surface area contributed by atoms with Gasteiger partial charge in [-0.05, 0) is 48.3 Å². The average Bonchev–Trinajstić information content (AvgIpc) is 2.83. The van der Waals surface area contributed by atoms with Gasteiger partial charge in [0.25, 0.3) is 0 Å². The molecule has 0 saturated heterocycles. The van der Waals surface area contributed by atoms with E-state index in [-0.39, 0.29) is 6.10 Å². The van der Waals surface area contributed by atoms with Crippen LogP contribution in [0.3, 0.4) is 0 Å². The van der Waals surface area contributed by atoms with Gasteiger partial charge in [-0.25, -0.2) is 0 Å². The van der Waals surface area contributed by atoms with Gasteiger partial charge in [0.1, 0.15) is 0 Å². The lowest BCUT2D eigenvalue weighted by Gasteiger charge is -2.35. The van der Waals surface area contributed by atoms with Crippen molar-refractivity contribution in [3.63, 3.8) is 0 Å². The fourth-order valence-electron chi connectivity index (χ4n) is 3.59. The Labute approximate surface area is 116 Å². The van der Waals surface area contributed by atoms with E-state index in [4.69, 9.17) is 0 Å². The van der Waals surface area contributed by atoms with Gasteiger partial charge >= 0.3 is 0 Å². The summed E-state index contributed by atoms with van der Waals surface area (Å²) < 4.78 is 0. The van der Waals surface area contributed by atoms with Crippen molar-refractivity contribution < 1.29 is 5.11 Å². The molecule has 1 N–H and O–H groups in total. The third kappa shape index (κ3) is 2.56. The zero-order chi connectivity index (χ0) is 13.4. The summed E-state index contributed by atoms with van der Waals surface area (Å²) in [6.45, 7) is 6.64. The van der Waals surface area contributed by atoms with Crippen LogP contribution < -0.4 is 0 Å². The molecule has 1 aliphatic carbocycles. The predicted molar refractivity (Wildman–Crippen MR) is 78.3 cm³/mol. The van der Waals surface area contributed by atoms with Crippen molar-refractivity contribution in [2.24, 2.45) is 0 Å². The number of aliphatic hydroxyl groups excluding tert-OH is 1. The summed E-state index contributed by atoms with van der Waals surface area (Å²) >= 11 is 0. The average molecular weight is 259 g/mol. The number of rotatable bonds is 2. The van der Waals surface area contributed by atoms with Gasteiger partial charge in [-0.3, -0.25) is 4.90 Å². The van der Waals surface area contributed by atoms with Crippen LogP contribution in [-0.4, -0.2) is 28.7 Å². The number of hydrogen-bond donors (Lipinski definition) is 1. The van der Waals surface area contributed by atoms with E-state index in [2.05, 4.69) is 36.9 Å². The highest BCUT2D eigenvalue weighted by Gasteiger charge is 2.32. The standard InChI is InChI=1S/C17H25NO/c1-12(2)14-7-6-13-8-9-18(11-15(13)10-14)16-4-3-5-17(16)19/h6-7,10,12,16-17,19H,3-5,8-9,11H2,1-2H3. The molecule has 1 aromatic rings. The Morgan fingerprint density at radius 2 is 2.05 bits per heavy atom. The van der Waals surface area contributed by atoms with E-state index >= 15 is 0 Å². The van der Waals surface area contributed by atoms with Crippen LogP contribution in [0.5, 0.6) is 0 Å². The molecule has 0 spiro atoms. The second-order valence-corrected chi connectivity index (χ2v) is 6.47. The van der Waals surface area contributed by atoms with Crippen LogP contribution >= 0.6 is 0 Å². The van der Waals surface area contributed by atoms with E-state index in [0.717, 1.165) is 25.9 Å². The first-order chi connectivity index (χ1) is 9.15. The molecule has 0 amide bonds. The summed E-state index contributed by atoms with van der Waals surface area (Å²) in [4.78, 5) is 2.50. The number of benzene rings is 1. The maximum Gasteiger partial charge on any atom is 0.0695 e. The van der Waals surface area contributed by atoms with Crippen LogP contribution in [0.4, 0.5) is 0 Å². The van der Waals surface area contributed by atoms with E-state index in [1.54, 1.807) is 0 Å². The van der Waals surface area contributed by atoms with Crippen molar-refractivity contribution in [3.8, 4) is 0 Å². The van der Waals surface area contributed by atoms with Crippen molar-refractivity contribution in [3.05, 3.63) is 34.9 Å². The second-order valence-electron chi connectivity index (χ2n) is 6.47. The van der Waals surface area contributed by atoms with Gasteiger partial charge in [0.05, 0.1) is 6.10 Å². The van der Waals surface area contributed by atoms with Crippen molar-refractivity contribution >= 4 is 0 Å². The van der Waals surface area contributed by atoms with Gasteiger partial charge < -0.3 is 5.11 Å². The van der Waals surface area contributed by atoms with Crippen molar-refractivity contribution in [2.45, 2.75) is 64.1 Å². The molecule has 3 rings (SSSR count). The van der Waals surface area contributed by atoms with Crippen LogP contribution in [0.1, 0.15) is 55.7 Å². The van der Waals surface area contributed by atoms with Gasteiger partial charge in [-0.2, -0.15) is 0 Å². The summed E-state index contributed by atoms with van der Waals surface area (Å²) in [6, 6.07) is 7.38. The second kappa shape index (κ2) is 5.26. The number of aliphatic hydroxyl groups is 1. The van der Waals surface area contributed by atoms with E-state index in [1.807, 2.05) is 0 Å². The lowest BCUT2D eigenvalue weighted by molar-refractivity contribution is 0.0626. The van der Waals surface area contributed by atoms with Gasteiger partial charge in [0, 0.05) is 19.1 Å². The van der Waals surface area contributed by atoms with Crippen LogP contribution in [0.15, 0.2) is 18.2 Å². The minimum absolute atomic E-state index is 0.102. The van der Waals surface area contributed by atoms with Crippen LogP contribution in [0.2, 0.25) is 0 Å². The molecule has 2 atom stereocenters. The Morgan fingerprint density at radius 1 is 1.21 bits per heavy atom. The highest BCUT2D eigenvalue weighted by Crippen LogP contribution is 2.30. The molecule has 2 nitrogen and oxygen atoms in total. The van der Waals surface area contributed by atoms with Gasteiger partial charge in [-0.1, -0.05) is 32.0 Å². The Hall–Kier alpha value is -0.860. The van der Waals surface area contributed by atoms with Crippen molar-refractivity contribution in [1.82, 2.24) is 4.90 Å². The SMILES string of the molecule is CC(C)c1ccc2c(c1)CN(C1CCCC1O)CC2. The maximum atomic E-state index is 10.1. The minimum Gasteiger partial charge on any atom is -0.391 e. The zero-order valence-corrected chi connectivity index (χ0v) is 12.1. The van der Waals surface area contributed by atoms with Crippen molar-refractivity contribution in [2.75, 3.05) is 6.54 Å². The fraction of sp³-hybridized carbons (Fsp3) is 0.647. The number of nitrogens with zero attached hydrogens (tertiary/aromatic N) is 1. The molecular weight excluding hydrogens is 234 g/mol. The topological polar surface area (TPSA) is 23.5 Å². The molecule has 1 aromatic carbocycles. The van der Waals surface area contributed by atoms with Gasteiger partial charge in [-0.15, -0.1) is 0 Å². The largest absolute Gasteiger partial charge is 0.391 e. The molecule has 2 aliphatic rings. The summed E-state index contributed by atoms with van der Waals surface area (Å²) in [7, 11) is 0. The highest BCUT2D eigenvalue weighted by molar-refractivity contribution is 5.35. The third-order valence-electron chi connectivity index (χ3n) is 4.85. The number of fused-ring (bicyclic) bond motifs is 1. The molecule has 19 heavy (non-hydrogen) atoms. The molecule has 1 fully saturated rings. The van der Waals surface area contributed by atoms with E-state index < -0.39 is 0 Å². The Bertz CT molecular complexity index is 455. The Kier molecular flexibility index (Phi) is 3.64. The minimum atomic E-state index is -0.102. The fourth-order valence-corrected chi connectivity index (χ4v) is 3.59. The molecule has 104 valence electrons. The summed E-state index contributed by atoms with van der Waals surface area (Å²) in [5.41, 5.74) is 4.43. The predicted octanol–water partition coefficient (Wildman–Crippen LogP) is 3.08. The Balaban J connectivity index is 1.80. The van der Waals surface area contributed by atoms with Crippen molar-refractivity contribution in [1.29, 1.82) is 0 Å². The summed E-state index contributed by atoms with van der Waals surface area (Å²) in [6.07, 6.45) is 4.37. The molecule has 1 aliphatic heterocycles. The molecule has 2 unspecified atom stereocenters. The van der Waals surface area contributed by atoms with Crippen LogP contribution in [0, 0.1) is 0 Å². The lowest BCUT2D eigenvalue weighted by Crippen LogP contribution is -2.43. The molecular formula is C17H25NO. The molecule has 2 heteroatoms. The zero-order valence-electron chi connectivity index (χ0n) is 12.1. The quantitative estimate of drug-likeness (QED) is 0.882. The van der Waals surface area contributed by atoms with Gasteiger partial charge in [0.2, 0.25) is 0 Å². The van der Waals surface area contributed by atoms with Crippen LogP contribution in [-0.2, 0) is 13.0 Å². The van der Waals surface area contributed by atoms with E-state index in [1.165, 1.54) is 29.5 Å². The van der Waals surface area contributed by atoms with E-state index in [0.29, 0.717) is 12.0 Å². The molecule has 0 radical (unpaired) electrons. The molecule has 0 aromatic heterocycles. The normalized spacial score (nSPS) is 27.8. The smallest absolute Gasteiger partial charge is 0.0695 e. The highest BCUT2D eigenvalue weighted by atomic mass is 16.3.